The highest BCUT2D eigenvalue weighted by Gasteiger charge is 2.08. The molecule has 0 aromatic carbocycles. The number of hydrogen-bond acceptors (Lipinski definition) is 4. The maximum Gasteiger partial charge on any atom is 0.147 e. The van der Waals surface area contributed by atoms with Gasteiger partial charge in [0.05, 0.1) is 10.2 Å². The minimum atomic E-state index is 0.456. The average molecular weight is 249 g/mol. The van der Waals surface area contributed by atoms with Gasteiger partial charge < -0.3 is 5.32 Å². The van der Waals surface area contributed by atoms with Crippen LogP contribution in [-0.2, 0) is 0 Å². The van der Waals surface area contributed by atoms with E-state index in [0.29, 0.717) is 6.04 Å². The minimum absolute atomic E-state index is 0.456. The van der Waals surface area contributed by atoms with Gasteiger partial charge in [-0.1, -0.05) is 13.8 Å². The van der Waals surface area contributed by atoms with Gasteiger partial charge in [0.1, 0.15) is 12.1 Å². The quantitative estimate of drug-likeness (QED) is 0.872. The van der Waals surface area contributed by atoms with Gasteiger partial charge in [-0.05, 0) is 37.1 Å². The number of rotatable bonds is 5. The lowest BCUT2D eigenvalue weighted by atomic mass is 10.0. The summed E-state index contributed by atoms with van der Waals surface area (Å²) < 4.78 is 1.16. The fourth-order valence-electron chi connectivity index (χ4n) is 1.78. The Labute approximate surface area is 106 Å². The van der Waals surface area contributed by atoms with Crippen LogP contribution >= 0.6 is 11.3 Å². The topological polar surface area (TPSA) is 37.8 Å². The first kappa shape index (κ1) is 12.3. The molecule has 92 valence electrons. The van der Waals surface area contributed by atoms with Crippen LogP contribution < -0.4 is 5.32 Å². The highest BCUT2D eigenvalue weighted by molar-refractivity contribution is 7.17. The summed E-state index contributed by atoms with van der Waals surface area (Å²) in [6.45, 7) is 6.73. The average Bonchev–Trinajstić information content (AvgIpc) is 2.75. The summed E-state index contributed by atoms with van der Waals surface area (Å²) in [5.74, 6) is 1.73. The summed E-state index contributed by atoms with van der Waals surface area (Å²) in [5, 5.41) is 5.54. The van der Waals surface area contributed by atoms with Crippen molar-refractivity contribution in [3.05, 3.63) is 17.8 Å². The summed E-state index contributed by atoms with van der Waals surface area (Å²) in [6.07, 6.45) is 4.05. The minimum Gasteiger partial charge on any atom is -0.366 e. The number of nitrogens with one attached hydrogen (secondary N) is 1. The molecule has 4 heteroatoms. The Morgan fingerprint density at radius 3 is 2.82 bits per heavy atom. The van der Waals surface area contributed by atoms with Crippen LogP contribution in [0.15, 0.2) is 17.8 Å². The molecule has 0 aliphatic rings. The summed E-state index contributed by atoms with van der Waals surface area (Å²) in [5.41, 5.74) is 1.03. The second-order valence-corrected chi connectivity index (χ2v) is 5.79. The van der Waals surface area contributed by atoms with Gasteiger partial charge in [0.15, 0.2) is 0 Å². The van der Waals surface area contributed by atoms with Crippen LogP contribution in [0.5, 0.6) is 0 Å². The van der Waals surface area contributed by atoms with Crippen molar-refractivity contribution >= 4 is 27.4 Å². The van der Waals surface area contributed by atoms with Crippen molar-refractivity contribution < 1.29 is 0 Å². The van der Waals surface area contributed by atoms with E-state index in [2.05, 4.69) is 41.4 Å². The number of fused-ring (bicyclic) bond motifs is 1. The van der Waals surface area contributed by atoms with Gasteiger partial charge in [-0.15, -0.1) is 11.3 Å². The number of thiophene rings is 1. The molecular weight excluding hydrogens is 230 g/mol. The molecule has 3 nitrogen and oxygen atoms in total. The number of aromatic nitrogens is 2. The highest BCUT2D eigenvalue weighted by Crippen LogP contribution is 2.25. The van der Waals surface area contributed by atoms with Crippen molar-refractivity contribution in [1.29, 1.82) is 0 Å². The first-order valence-electron chi connectivity index (χ1n) is 6.11. The van der Waals surface area contributed by atoms with Crippen molar-refractivity contribution in [3.63, 3.8) is 0 Å². The first-order valence-corrected chi connectivity index (χ1v) is 6.99. The summed E-state index contributed by atoms with van der Waals surface area (Å²) in [4.78, 5) is 8.58. The number of hydrogen-bond donors (Lipinski definition) is 1. The van der Waals surface area contributed by atoms with Gasteiger partial charge in [-0.25, -0.2) is 9.97 Å². The Morgan fingerprint density at radius 2 is 2.06 bits per heavy atom. The molecule has 0 aliphatic heterocycles. The van der Waals surface area contributed by atoms with Crippen LogP contribution in [0, 0.1) is 5.92 Å². The normalized spacial score (nSPS) is 13.2. The fourth-order valence-corrected chi connectivity index (χ4v) is 2.58. The lowest BCUT2D eigenvalue weighted by molar-refractivity contribution is 0.527. The van der Waals surface area contributed by atoms with Crippen LogP contribution in [-0.4, -0.2) is 16.0 Å². The van der Waals surface area contributed by atoms with Crippen LogP contribution in [0.1, 0.15) is 33.6 Å². The van der Waals surface area contributed by atoms with E-state index < -0.39 is 0 Å². The highest BCUT2D eigenvalue weighted by atomic mass is 32.1. The summed E-state index contributed by atoms with van der Waals surface area (Å²) >= 11 is 1.69. The molecule has 0 amide bonds. The summed E-state index contributed by atoms with van der Waals surface area (Å²) in [6, 6.07) is 2.49. The molecule has 0 saturated carbocycles. The van der Waals surface area contributed by atoms with Gasteiger partial charge in [0, 0.05) is 6.04 Å². The second-order valence-electron chi connectivity index (χ2n) is 4.87. The Balaban J connectivity index is 2.05. The first-order chi connectivity index (χ1) is 8.16. The third kappa shape index (κ3) is 3.16. The Hall–Kier alpha value is -1.16. The molecule has 2 aromatic heterocycles. The van der Waals surface area contributed by atoms with E-state index in [4.69, 9.17) is 0 Å². The molecule has 2 heterocycles. The van der Waals surface area contributed by atoms with Gasteiger partial charge in [-0.2, -0.15) is 0 Å². The van der Waals surface area contributed by atoms with E-state index in [9.17, 15) is 0 Å². The maximum absolute atomic E-state index is 4.33. The van der Waals surface area contributed by atoms with Gasteiger partial charge in [0.25, 0.3) is 0 Å². The predicted octanol–water partition coefficient (Wildman–Crippen LogP) is 3.93. The molecule has 1 N–H and O–H groups in total. The van der Waals surface area contributed by atoms with Gasteiger partial charge in [-0.3, -0.25) is 0 Å². The van der Waals surface area contributed by atoms with Crippen LogP contribution in [0.25, 0.3) is 10.2 Å². The van der Waals surface area contributed by atoms with E-state index in [1.807, 2.05) is 6.07 Å². The van der Waals surface area contributed by atoms with Crippen molar-refractivity contribution in [2.45, 2.75) is 39.7 Å². The SMILES string of the molecule is CC(C)CCC(C)Nc1ncnc2ccsc12. The fraction of sp³-hybridized carbons (Fsp3) is 0.538. The molecule has 0 spiro atoms. The zero-order chi connectivity index (χ0) is 12.3. The molecule has 1 unspecified atom stereocenters. The number of anilines is 1. The zero-order valence-corrected chi connectivity index (χ0v) is 11.4. The van der Waals surface area contributed by atoms with E-state index >= 15 is 0 Å². The van der Waals surface area contributed by atoms with Crippen molar-refractivity contribution in [3.8, 4) is 0 Å². The molecule has 0 radical (unpaired) electrons. The Kier molecular flexibility index (Phi) is 3.94. The zero-order valence-electron chi connectivity index (χ0n) is 10.6. The molecule has 1 atom stereocenters. The second kappa shape index (κ2) is 5.45. The smallest absolute Gasteiger partial charge is 0.147 e. The lowest BCUT2D eigenvalue weighted by Crippen LogP contribution is -2.16. The largest absolute Gasteiger partial charge is 0.366 e. The Morgan fingerprint density at radius 1 is 1.24 bits per heavy atom. The van der Waals surface area contributed by atoms with Gasteiger partial charge in [0.2, 0.25) is 0 Å². The predicted molar refractivity (Wildman–Crippen MR) is 74.6 cm³/mol. The van der Waals surface area contributed by atoms with Crippen molar-refractivity contribution in [1.82, 2.24) is 9.97 Å². The van der Waals surface area contributed by atoms with Crippen molar-refractivity contribution in [2.24, 2.45) is 5.92 Å². The maximum atomic E-state index is 4.33. The third-order valence-electron chi connectivity index (χ3n) is 2.80. The molecule has 0 bridgehead atoms. The molecule has 0 saturated heterocycles. The van der Waals surface area contributed by atoms with Crippen LogP contribution in [0.4, 0.5) is 5.82 Å². The van der Waals surface area contributed by atoms with E-state index in [-0.39, 0.29) is 0 Å². The molecule has 2 aromatic rings. The van der Waals surface area contributed by atoms with E-state index in [1.165, 1.54) is 12.8 Å². The lowest BCUT2D eigenvalue weighted by Gasteiger charge is -2.15. The molecule has 2 rings (SSSR count). The third-order valence-corrected chi connectivity index (χ3v) is 3.71. The molecule has 0 fully saturated rings. The van der Waals surface area contributed by atoms with Crippen LogP contribution in [0.3, 0.4) is 0 Å². The molecular formula is C13H19N3S. The van der Waals surface area contributed by atoms with Crippen molar-refractivity contribution in [2.75, 3.05) is 5.32 Å². The monoisotopic (exact) mass is 249 g/mol. The van der Waals surface area contributed by atoms with E-state index in [0.717, 1.165) is 22.0 Å². The Bertz CT molecular complexity index is 478. The van der Waals surface area contributed by atoms with Crippen LogP contribution in [0.2, 0.25) is 0 Å². The molecule has 17 heavy (non-hydrogen) atoms. The molecule has 0 aliphatic carbocycles. The standard InChI is InChI=1S/C13H19N3S/c1-9(2)4-5-10(3)16-13-12-11(6-7-17-12)14-8-15-13/h6-10H,4-5H2,1-3H3,(H,14,15,16). The number of nitrogens with zero attached hydrogens (tertiary/aromatic N) is 2. The summed E-state index contributed by atoms with van der Waals surface area (Å²) in [7, 11) is 0. The van der Waals surface area contributed by atoms with Gasteiger partial charge >= 0.3 is 0 Å². The van der Waals surface area contributed by atoms with E-state index in [1.54, 1.807) is 17.7 Å².